The van der Waals surface area contributed by atoms with Crippen LogP contribution in [0.2, 0.25) is 0 Å². The summed E-state index contributed by atoms with van der Waals surface area (Å²) in [5.74, 6) is -2.00. The zero-order valence-corrected chi connectivity index (χ0v) is 16.7. The predicted molar refractivity (Wildman–Crippen MR) is 106 cm³/mol. The van der Waals surface area contributed by atoms with Crippen LogP contribution >= 0.6 is 0 Å². The molecule has 1 heterocycles. The highest BCUT2D eigenvalue weighted by molar-refractivity contribution is 6.23. The van der Waals surface area contributed by atoms with E-state index in [2.05, 4.69) is 9.97 Å². The van der Waals surface area contributed by atoms with E-state index >= 15 is 0 Å². The van der Waals surface area contributed by atoms with Gasteiger partial charge in [0.2, 0.25) is 5.91 Å². The van der Waals surface area contributed by atoms with Gasteiger partial charge in [-0.2, -0.15) is 26.3 Å². The first kappa shape index (κ1) is 23.9. The summed E-state index contributed by atoms with van der Waals surface area (Å²) in [4.78, 5) is 19.6. The Labute approximate surface area is 182 Å². The zero-order valence-electron chi connectivity index (χ0n) is 16.7. The van der Waals surface area contributed by atoms with E-state index in [9.17, 15) is 35.5 Å². The highest BCUT2D eigenvalue weighted by Crippen LogP contribution is 2.38. The van der Waals surface area contributed by atoms with Gasteiger partial charge in [0.1, 0.15) is 5.82 Å². The predicted octanol–water partition coefficient (Wildman–Crippen LogP) is 5.65. The number of aromatic nitrogens is 2. The quantitative estimate of drug-likeness (QED) is 0.396. The molecule has 172 valence electrons. The van der Waals surface area contributed by atoms with Crippen LogP contribution in [0, 0.1) is 12.7 Å². The second kappa shape index (κ2) is 8.64. The number of amides is 1. The molecule has 0 fully saturated rings. The summed E-state index contributed by atoms with van der Waals surface area (Å²) >= 11 is 0. The van der Waals surface area contributed by atoms with Crippen molar-refractivity contribution in [1.29, 1.82) is 0 Å². The van der Waals surface area contributed by atoms with Crippen LogP contribution in [-0.2, 0) is 17.1 Å². The molecule has 0 saturated heterocycles. The molecule has 3 rings (SSSR count). The molecular weight excluding hydrogens is 455 g/mol. The molecule has 2 N–H and O–H groups in total. The third-order valence-corrected chi connectivity index (χ3v) is 4.56. The molecule has 0 saturated carbocycles. The first-order valence-corrected chi connectivity index (χ1v) is 9.16. The summed E-state index contributed by atoms with van der Waals surface area (Å²) in [5, 5.41) is 0. The van der Waals surface area contributed by atoms with Gasteiger partial charge in [-0.15, -0.1) is 0 Å². The van der Waals surface area contributed by atoms with Gasteiger partial charge in [-0.1, -0.05) is 12.1 Å². The van der Waals surface area contributed by atoms with Crippen LogP contribution < -0.4 is 5.73 Å². The molecule has 33 heavy (non-hydrogen) atoms. The summed E-state index contributed by atoms with van der Waals surface area (Å²) in [6, 6.07) is 6.13. The first-order chi connectivity index (χ1) is 15.3. The van der Waals surface area contributed by atoms with Crippen LogP contribution in [0.1, 0.15) is 27.9 Å². The van der Waals surface area contributed by atoms with Crippen molar-refractivity contribution in [3.8, 4) is 11.4 Å². The van der Waals surface area contributed by atoms with Crippen molar-refractivity contribution in [2.24, 2.45) is 5.73 Å². The summed E-state index contributed by atoms with van der Waals surface area (Å²) in [6.07, 6.45) is -7.85. The van der Waals surface area contributed by atoms with E-state index in [4.69, 9.17) is 5.73 Å². The molecule has 11 heteroatoms. The van der Waals surface area contributed by atoms with Crippen molar-refractivity contribution in [3.05, 3.63) is 82.4 Å². The van der Waals surface area contributed by atoms with Crippen LogP contribution in [-0.4, -0.2) is 15.9 Å². The highest BCUT2D eigenvalue weighted by Gasteiger charge is 2.37. The standard InChI is InChI=1S/C22H14F7N3O/c1-11-2-3-12(8-18(11)23)17(19(30)33)10-16-4-5-31-20(32-16)13-6-14(21(24,25)26)9-15(7-13)22(27,28)29/h2-10H,1H3,(H2,30,33)/b17-10+. The molecule has 0 spiro atoms. The largest absolute Gasteiger partial charge is 0.416 e. The Balaban J connectivity index is 2.13. The Hall–Kier alpha value is -3.76. The number of benzene rings is 2. The van der Waals surface area contributed by atoms with Gasteiger partial charge in [-0.25, -0.2) is 14.4 Å². The van der Waals surface area contributed by atoms with Crippen LogP contribution in [0.25, 0.3) is 23.0 Å². The van der Waals surface area contributed by atoms with Crippen LogP contribution in [0.15, 0.2) is 48.7 Å². The normalized spacial score (nSPS) is 12.7. The molecular formula is C22H14F7N3O. The molecule has 0 atom stereocenters. The minimum Gasteiger partial charge on any atom is -0.366 e. The Morgan fingerprint density at radius 2 is 1.55 bits per heavy atom. The van der Waals surface area contributed by atoms with Gasteiger partial charge in [0.05, 0.1) is 16.8 Å². The third kappa shape index (κ3) is 5.54. The lowest BCUT2D eigenvalue weighted by Gasteiger charge is -2.14. The molecule has 1 amide bonds. The van der Waals surface area contributed by atoms with Gasteiger partial charge < -0.3 is 5.73 Å². The van der Waals surface area contributed by atoms with E-state index in [0.717, 1.165) is 18.3 Å². The Bertz CT molecular complexity index is 1220. The molecule has 4 nitrogen and oxygen atoms in total. The van der Waals surface area contributed by atoms with Crippen molar-refractivity contribution in [1.82, 2.24) is 9.97 Å². The maximum atomic E-state index is 13.9. The minimum atomic E-state index is -5.04. The monoisotopic (exact) mass is 469 g/mol. The lowest BCUT2D eigenvalue weighted by Crippen LogP contribution is -2.13. The van der Waals surface area contributed by atoms with Crippen molar-refractivity contribution >= 4 is 17.6 Å². The third-order valence-electron chi connectivity index (χ3n) is 4.56. The molecule has 0 aliphatic rings. The number of nitrogens with two attached hydrogens (primary N) is 1. The molecule has 2 aromatic carbocycles. The minimum absolute atomic E-state index is 0.00954. The van der Waals surface area contributed by atoms with Gasteiger partial charge in [0, 0.05) is 17.3 Å². The van der Waals surface area contributed by atoms with Crippen LogP contribution in [0.4, 0.5) is 30.7 Å². The average molecular weight is 469 g/mol. The molecule has 0 aliphatic carbocycles. The molecule has 0 aliphatic heterocycles. The Morgan fingerprint density at radius 1 is 0.939 bits per heavy atom. The highest BCUT2D eigenvalue weighted by atomic mass is 19.4. The number of nitrogens with zero attached hydrogens (tertiary/aromatic N) is 2. The summed E-state index contributed by atoms with van der Waals surface area (Å²) in [7, 11) is 0. The summed E-state index contributed by atoms with van der Waals surface area (Å²) < 4.78 is 92.8. The number of aryl methyl sites for hydroxylation is 1. The van der Waals surface area contributed by atoms with E-state index in [1.54, 1.807) is 0 Å². The Morgan fingerprint density at radius 3 is 2.06 bits per heavy atom. The van der Waals surface area contributed by atoms with Gasteiger partial charge in [0.15, 0.2) is 5.82 Å². The first-order valence-electron chi connectivity index (χ1n) is 9.16. The van der Waals surface area contributed by atoms with Gasteiger partial charge >= 0.3 is 12.4 Å². The van der Waals surface area contributed by atoms with E-state index < -0.39 is 46.6 Å². The lowest BCUT2D eigenvalue weighted by molar-refractivity contribution is -0.143. The Kier molecular flexibility index (Phi) is 6.26. The smallest absolute Gasteiger partial charge is 0.366 e. The number of primary amides is 1. The summed E-state index contributed by atoms with van der Waals surface area (Å²) in [6.45, 7) is 1.51. The van der Waals surface area contributed by atoms with Gasteiger partial charge in [0.25, 0.3) is 0 Å². The fourth-order valence-corrected chi connectivity index (χ4v) is 2.88. The SMILES string of the molecule is Cc1ccc(/C(=C\c2ccnc(-c3cc(C(F)(F)F)cc(C(F)(F)F)c3)n2)C(N)=O)cc1F. The number of halogens is 7. The van der Waals surface area contributed by atoms with E-state index in [0.29, 0.717) is 17.7 Å². The van der Waals surface area contributed by atoms with E-state index in [1.165, 1.54) is 25.1 Å². The number of hydrogen-bond donors (Lipinski definition) is 1. The molecule has 3 aromatic rings. The number of rotatable bonds is 4. The second-order valence-electron chi connectivity index (χ2n) is 6.99. The van der Waals surface area contributed by atoms with Crippen molar-refractivity contribution in [2.75, 3.05) is 0 Å². The maximum absolute atomic E-state index is 13.9. The number of carbonyl (C=O) groups excluding carboxylic acids is 1. The topological polar surface area (TPSA) is 68.9 Å². The number of alkyl halides is 6. The van der Waals surface area contributed by atoms with E-state index in [-0.39, 0.29) is 22.9 Å². The average Bonchev–Trinajstić information content (AvgIpc) is 2.72. The molecule has 1 aromatic heterocycles. The van der Waals surface area contributed by atoms with Crippen molar-refractivity contribution in [3.63, 3.8) is 0 Å². The number of hydrogen-bond acceptors (Lipinski definition) is 3. The molecule has 0 unspecified atom stereocenters. The fourth-order valence-electron chi connectivity index (χ4n) is 2.88. The molecule has 0 radical (unpaired) electrons. The zero-order chi connectivity index (χ0) is 24.6. The van der Waals surface area contributed by atoms with Crippen LogP contribution in [0.3, 0.4) is 0 Å². The van der Waals surface area contributed by atoms with E-state index in [1.807, 2.05) is 0 Å². The van der Waals surface area contributed by atoms with Gasteiger partial charge in [-0.3, -0.25) is 4.79 Å². The summed E-state index contributed by atoms with van der Waals surface area (Å²) in [5.41, 5.74) is 2.01. The van der Waals surface area contributed by atoms with Gasteiger partial charge in [-0.05, 0) is 54.5 Å². The fraction of sp³-hybridized carbons (Fsp3) is 0.136. The number of carbonyl (C=O) groups is 1. The maximum Gasteiger partial charge on any atom is 0.416 e. The van der Waals surface area contributed by atoms with Crippen molar-refractivity contribution in [2.45, 2.75) is 19.3 Å². The van der Waals surface area contributed by atoms with Crippen LogP contribution in [0.5, 0.6) is 0 Å². The molecule has 0 bridgehead atoms. The second-order valence-corrected chi connectivity index (χ2v) is 6.99. The van der Waals surface area contributed by atoms with Crippen molar-refractivity contribution < 1.29 is 35.5 Å². The lowest BCUT2D eigenvalue weighted by atomic mass is 10.0.